The third kappa shape index (κ3) is 8.70. The Hall–Kier alpha value is -1.36. The zero-order valence-electron chi connectivity index (χ0n) is 20.2. The molecule has 200 valence electrons. The number of aliphatic hydroxyl groups excluding tert-OH is 1. The van der Waals surface area contributed by atoms with Gasteiger partial charge in [-0.05, 0) is 41.5 Å². The van der Waals surface area contributed by atoms with Crippen LogP contribution in [0.5, 0.6) is 0 Å². The molecule has 0 heterocycles. The third-order valence-electron chi connectivity index (χ3n) is 3.92. The number of carbonyl (C=O) groups is 2. The second kappa shape index (κ2) is 14.9. The third-order valence-corrected chi connectivity index (χ3v) is 8.45. The van der Waals surface area contributed by atoms with Crippen LogP contribution < -0.4 is 0 Å². The Morgan fingerprint density at radius 1 is 0.794 bits per heavy atom. The topological polar surface area (TPSA) is 144 Å². The van der Waals surface area contributed by atoms with E-state index in [1.807, 2.05) is 0 Å². The minimum Gasteiger partial charge on any atom is -0.505 e. The molecule has 1 unspecified atom stereocenters. The van der Waals surface area contributed by atoms with Crippen LogP contribution in [0.2, 0.25) is 0 Å². The summed E-state index contributed by atoms with van der Waals surface area (Å²) in [5, 5.41) is 9.05. The summed E-state index contributed by atoms with van der Waals surface area (Å²) in [7, 11) is -9.31. The van der Waals surface area contributed by atoms with Gasteiger partial charge in [0.05, 0.1) is 39.6 Å². The van der Waals surface area contributed by atoms with Gasteiger partial charge in [0, 0.05) is 6.42 Å². The smallest absolute Gasteiger partial charge is 0.372 e. The summed E-state index contributed by atoms with van der Waals surface area (Å²) in [4.78, 5) is 24.9. The Kier molecular flexibility index (Phi) is 14.3. The molecule has 0 aromatic rings. The van der Waals surface area contributed by atoms with E-state index < -0.39 is 56.2 Å². The summed E-state index contributed by atoms with van der Waals surface area (Å²) >= 11 is 0. The van der Waals surface area contributed by atoms with Crippen molar-refractivity contribution in [3.8, 4) is 0 Å². The van der Waals surface area contributed by atoms with Crippen LogP contribution >= 0.6 is 15.2 Å². The lowest BCUT2D eigenvalue weighted by Gasteiger charge is -2.28. The van der Waals surface area contributed by atoms with Crippen molar-refractivity contribution < 1.29 is 60.2 Å². The number of rotatable bonds is 17. The van der Waals surface area contributed by atoms with E-state index in [0.29, 0.717) is 0 Å². The quantitative estimate of drug-likeness (QED) is 0.118. The SMILES string of the molecule is CCOC(=O)/C(=C(\O)C(F)(F)CC(C(=O)OCC)P(=O)(OCC)OCC)P(=O)(OCC)OCC. The molecule has 0 aliphatic rings. The average Bonchev–Trinajstić information content (AvgIpc) is 2.73. The van der Waals surface area contributed by atoms with Crippen molar-refractivity contribution in [3.63, 3.8) is 0 Å². The van der Waals surface area contributed by atoms with Crippen LogP contribution in [0.15, 0.2) is 11.1 Å². The highest BCUT2D eigenvalue weighted by Gasteiger charge is 2.54. The summed E-state index contributed by atoms with van der Waals surface area (Å²) in [5.74, 6) is -9.40. The van der Waals surface area contributed by atoms with Crippen LogP contribution in [0.3, 0.4) is 0 Å². The maximum absolute atomic E-state index is 15.4. The van der Waals surface area contributed by atoms with Gasteiger partial charge in [0.15, 0.2) is 16.7 Å². The largest absolute Gasteiger partial charge is 0.505 e. The number of esters is 2. The minimum atomic E-state index is -4.79. The molecule has 1 atom stereocenters. The fourth-order valence-corrected chi connectivity index (χ4v) is 6.36. The fraction of sp³-hybridized carbons (Fsp3) is 0.789. The standard InChI is InChI=1S/C19H34F2O11P2/c1-7-27-17(23)14(33(25,29-9-3)30-10-4)13-19(20,21)16(22)15(18(24)28-8-2)34(26,31-11-5)32-12-6/h14,22H,7-13H2,1-6H3/b16-15+. The van der Waals surface area contributed by atoms with Gasteiger partial charge in [-0.1, -0.05) is 0 Å². The summed E-state index contributed by atoms with van der Waals surface area (Å²) in [6.07, 6.45) is -1.67. The van der Waals surface area contributed by atoms with E-state index in [9.17, 15) is 23.8 Å². The molecule has 0 amide bonds. The van der Waals surface area contributed by atoms with Crippen LogP contribution in [-0.2, 0) is 46.3 Å². The monoisotopic (exact) mass is 538 g/mol. The van der Waals surface area contributed by atoms with Crippen molar-refractivity contribution in [3.05, 3.63) is 11.1 Å². The van der Waals surface area contributed by atoms with Gasteiger partial charge in [-0.15, -0.1) is 0 Å². The predicted octanol–water partition coefficient (Wildman–Crippen LogP) is 4.81. The van der Waals surface area contributed by atoms with Crippen LogP contribution in [0.1, 0.15) is 48.0 Å². The molecule has 0 saturated carbocycles. The zero-order valence-corrected chi connectivity index (χ0v) is 22.0. The first-order valence-electron chi connectivity index (χ1n) is 10.8. The molecule has 0 bridgehead atoms. The van der Waals surface area contributed by atoms with Crippen molar-refractivity contribution in [1.29, 1.82) is 0 Å². The van der Waals surface area contributed by atoms with Crippen LogP contribution in [0.25, 0.3) is 0 Å². The molecule has 0 spiro atoms. The summed E-state index contributed by atoms with van der Waals surface area (Å²) in [5.41, 5.74) is -2.19. The molecule has 0 aliphatic heterocycles. The first-order valence-corrected chi connectivity index (χ1v) is 13.9. The molecule has 0 radical (unpaired) electrons. The van der Waals surface area contributed by atoms with Crippen LogP contribution in [-0.4, -0.2) is 68.3 Å². The Balaban J connectivity index is 6.82. The van der Waals surface area contributed by atoms with Crippen molar-refractivity contribution in [2.45, 2.75) is 59.5 Å². The van der Waals surface area contributed by atoms with E-state index in [1.165, 1.54) is 41.5 Å². The number of hydrogen-bond donors (Lipinski definition) is 1. The van der Waals surface area contributed by atoms with Gasteiger partial charge in [-0.25, -0.2) is 4.79 Å². The number of allylic oxidation sites excluding steroid dienone is 1. The van der Waals surface area contributed by atoms with Gasteiger partial charge in [0.1, 0.15) is 0 Å². The second-order valence-electron chi connectivity index (χ2n) is 6.30. The maximum Gasteiger partial charge on any atom is 0.372 e. The van der Waals surface area contributed by atoms with E-state index in [0.717, 1.165) is 0 Å². The highest BCUT2D eigenvalue weighted by atomic mass is 31.2. The van der Waals surface area contributed by atoms with Crippen molar-refractivity contribution in [2.75, 3.05) is 39.6 Å². The Morgan fingerprint density at radius 3 is 1.62 bits per heavy atom. The Labute approximate surface area is 198 Å². The van der Waals surface area contributed by atoms with Gasteiger partial charge < -0.3 is 32.7 Å². The lowest BCUT2D eigenvalue weighted by Crippen LogP contribution is -2.35. The molecule has 0 saturated heterocycles. The zero-order chi connectivity index (χ0) is 26.6. The summed E-state index contributed by atoms with van der Waals surface area (Å²) in [6, 6.07) is 0. The Bertz CT molecular complexity index is 781. The summed E-state index contributed by atoms with van der Waals surface area (Å²) in [6.45, 7) is 6.59. The molecule has 0 rings (SSSR count). The molecule has 34 heavy (non-hydrogen) atoms. The van der Waals surface area contributed by atoms with E-state index in [1.54, 1.807) is 0 Å². The lowest BCUT2D eigenvalue weighted by molar-refractivity contribution is -0.145. The van der Waals surface area contributed by atoms with E-state index >= 15 is 8.78 Å². The van der Waals surface area contributed by atoms with Crippen molar-refractivity contribution >= 4 is 27.1 Å². The second-order valence-corrected chi connectivity index (χ2v) is 10.5. The van der Waals surface area contributed by atoms with Crippen molar-refractivity contribution in [2.24, 2.45) is 0 Å². The summed E-state index contributed by atoms with van der Waals surface area (Å²) < 4.78 is 86.4. The number of alkyl halides is 2. The molecule has 11 nitrogen and oxygen atoms in total. The fourth-order valence-electron chi connectivity index (χ4n) is 2.70. The van der Waals surface area contributed by atoms with Crippen molar-refractivity contribution in [1.82, 2.24) is 0 Å². The number of aliphatic hydroxyl groups is 1. The lowest BCUT2D eigenvalue weighted by atomic mass is 10.1. The van der Waals surface area contributed by atoms with Gasteiger partial charge in [0.25, 0.3) is 0 Å². The number of ether oxygens (including phenoxy) is 2. The average molecular weight is 538 g/mol. The first kappa shape index (κ1) is 32.6. The van der Waals surface area contributed by atoms with Gasteiger partial charge in [-0.3, -0.25) is 13.9 Å². The molecule has 0 aromatic carbocycles. The normalized spacial score (nSPS) is 14.4. The van der Waals surface area contributed by atoms with Crippen LogP contribution in [0, 0.1) is 0 Å². The number of hydrogen-bond acceptors (Lipinski definition) is 11. The molecule has 1 N–H and O–H groups in total. The minimum absolute atomic E-state index is 0.237. The highest BCUT2D eigenvalue weighted by Crippen LogP contribution is 2.60. The van der Waals surface area contributed by atoms with E-state index in [4.69, 9.17) is 22.8 Å². The highest BCUT2D eigenvalue weighted by molar-refractivity contribution is 7.60. The van der Waals surface area contributed by atoms with Gasteiger partial charge in [-0.2, -0.15) is 8.78 Å². The van der Waals surface area contributed by atoms with Gasteiger partial charge >= 0.3 is 33.1 Å². The van der Waals surface area contributed by atoms with Crippen LogP contribution in [0.4, 0.5) is 8.78 Å². The molecule has 0 fully saturated rings. The number of halogens is 2. The Morgan fingerprint density at radius 2 is 1.24 bits per heavy atom. The van der Waals surface area contributed by atoms with E-state index in [2.05, 4.69) is 4.74 Å². The molecule has 0 aliphatic carbocycles. The molecular weight excluding hydrogens is 504 g/mol. The molecule has 0 aromatic heterocycles. The maximum atomic E-state index is 15.4. The molecular formula is C19H34F2O11P2. The predicted molar refractivity (Wildman–Crippen MR) is 118 cm³/mol. The molecule has 15 heteroatoms. The van der Waals surface area contributed by atoms with E-state index in [-0.39, 0.29) is 39.6 Å². The van der Waals surface area contributed by atoms with Gasteiger partial charge in [0.2, 0.25) is 0 Å². The first-order chi connectivity index (χ1) is 15.8. The number of carbonyl (C=O) groups excluding carboxylic acids is 2.